The van der Waals surface area contributed by atoms with Gasteiger partial charge in [-0.3, -0.25) is 0 Å². The largest absolute Gasteiger partial charge is 0.389 e. The van der Waals surface area contributed by atoms with Crippen LogP contribution >= 0.6 is 0 Å². The van der Waals surface area contributed by atoms with E-state index in [1.165, 1.54) is 19.3 Å². The highest BCUT2D eigenvalue weighted by molar-refractivity contribution is 5.33. The lowest BCUT2D eigenvalue weighted by Crippen LogP contribution is -2.56. The third-order valence-corrected chi connectivity index (χ3v) is 7.66. The van der Waals surface area contributed by atoms with Crippen LogP contribution in [0.25, 0.3) is 0 Å². The van der Waals surface area contributed by atoms with Gasteiger partial charge in [0.05, 0.1) is 5.60 Å². The Morgan fingerprint density at radius 2 is 1.79 bits per heavy atom. The first kappa shape index (κ1) is 6.52. The highest BCUT2D eigenvalue weighted by Crippen LogP contribution is 2.87. The van der Waals surface area contributed by atoms with E-state index >= 15 is 0 Å². The summed E-state index contributed by atoms with van der Waals surface area (Å²) in [6.07, 6.45) is 4.16. The molecule has 0 heterocycles. The van der Waals surface area contributed by atoms with E-state index in [0.29, 0.717) is 0 Å². The lowest BCUT2D eigenvalue weighted by Gasteiger charge is -2.59. The van der Waals surface area contributed by atoms with E-state index in [1.54, 1.807) is 0 Å². The number of hydrogen-bond donors (Lipinski definition) is 1. The molecule has 1 N–H and O–H groups in total. The minimum absolute atomic E-state index is 0.138. The Morgan fingerprint density at radius 1 is 0.857 bits per heavy atom. The number of rotatable bonds is 0. The van der Waals surface area contributed by atoms with Gasteiger partial charge in [0.1, 0.15) is 0 Å². The maximum absolute atomic E-state index is 10.9. The van der Waals surface area contributed by atoms with Crippen molar-refractivity contribution in [3.63, 3.8) is 0 Å². The van der Waals surface area contributed by atoms with E-state index in [2.05, 4.69) is 0 Å². The average molecular weight is 188 g/mol. The monoisotopic (exact) mass is 188 g/mol. The van der Waals surface area contributed by atoms with Gasteiger partial charge in [-0.2, -0.15) is 0 Å². The molecule has 14 heavy (non-hydrogen) atoms. The summed E-state index contributed by atoms with van der Waals surface area (Å²) in [6.45, 7) is 0. The predicted octanol–water partition coefficient (Wildman–Crippen LogP) is 1.52. The van der Waals surface area contributed by atoms with Crippen LogP contribution in [0.15, 0.2) is 0 Å². The van der Waals surface area contributed by atoms with Crippen molar-refractivity contribution in [1.29, 1.82) is 0 Å². The molecule has 10 atom stereocenters. The van der Waals surface area contributed by atoms with Gasteiger partial charge in [-0.25, -0.2) is 0 Å². The smallest absolute Gasteiger partial charge is 0.0715 e. The molecule has 0 saturated heterocycles. The van der Waals surface area contributed by atoms with Gasteiger partial charge in [0.25, 0.3) is 0 Å². The fourth-order valence-electron chi connectivity index (χ4n) is 7.97. The average Bonchev–Trinajstić information content (AvgIpc) is 2.71. The molecule has 0 aromatic heterocycles. The number of aliphatic hydroxyl groups is 1. The van der Waals surface area contributed by atoms with Crippen molar-refractivity contribution in [2.75, 3.05) is 0 Å². The van der Waals surface area contributed by atoms with E-state index in [0.717, 1.165) is 53.3 Å². The summed E-state index contributed by atoms with van der Waals surface area (Å²) in [5.41, 5.74) is -0.138. The van der Waals surface area contributed by atoms with Crippen LogP contribution in [0.4, 0.5) is 0 Å². The molecule has 0 radical (unpaired) electrons. The first-order chi connectivity index (χ1) is 6.81. The molecular weight excluding hydrogens is 172 g/mol. The first-order valence-corrected chi connectivity index (χ1v) is 6.53. The van der Waals surface area contributed by atoms with E-state index in [-0.39, 0.29) is 5.60 Å². The van der Waals surface area contributed by atoms with Gasteiger partial charge in [-0.15, -0.1) is 0 Å². The van der Waals surface area contributed by atoms with Crippen molar-refractivity contribution < 1.29 is 5.11 Å². The zero-order valence-electron chi connectivity index (χ0n) is 8.26. The minimum Gasteiger partial charge on any atom is -0.389 e. The van der Waals surface area contributed by atoms with Crippen LogP contribution in [0.5, 0.6) is 0 Å². The van der Waals surface area contributed by atoms with Crippen LogP contribution < -0.4 is 0 Å². The Kier molecular flexibility index (Phi) is 0.668. The van der Waals surface area contributed by atoms with Gasteiger partial charge in [0.2, 0.25) is 0 Å². The Morgan fingerprint density at radius 3 is 2.71 bits per heavy atom. The lowest BCUT2D eigenvalue weighted by atomic mass is 9.45. The molecule has 0 amide bonds. The van der Waals surface area contributed by atoms with Crippen molar-refractivity contribution in [1.82, 2.24) is 0 Å². The molecule has 5 fully saturated rings. The van der Waals surface area contributed by atoms with Crippen molar-refractivity contribution in [2.24, 2.45) is 53.3 Å². The highest BCUT2D eigenvalue weighted by Gasteiger charge is 2.85. The molecule has 0 aromatic carbocycles. The Balaban J connectivity index is 1.77. The Labute approximate surface area is 83.9 Å². The number of fused-ring (bicyclic) bond motifs is 14. The maximum atomic E-state index is 10.9. The fraction of sp³-hybridized carbons (Fsp3) is 1.00. The molecule has 74 valence electrons. The number of hydrogen-bond acceptors (Lipinski definition) is 1. The van der Waals surface area contributed by atoms with Gasteiger partial charge >= 0.3 is 0 Å². The van der Waals surface area contributed by atoms with Gasteiger partial charge in [-0.05, 0) is 72.5 Å². The fourth-order valence-corrected chi connectivity index (χ4v) is 7.97. The van der Waals surface area contributed by atoms with Gasteiger partial charge in [0, 0.05) is 0 Å². The maximum Gasteiger partial charge on any atom is 0.0715 e. The standard InChI is InChI=1S/C13H16O/c14-13-3-7-9-6-1-4-5(12(6)13)2-8(13)10(7)11(4)9/h4-12,14H,1-3H2/t4-,5+,6-,7+,8+,9-,10+,11+,12-,13-/m0/s1. The van der Waals surface area contributed by atoms with E-state index in [1.807, 2.05) is 0 Å². The van der Waals surface area contributed by atoms with Gasteiger partial charge < -0.3 is 5.11 Å². The lowest BCUT2D eigenvalue weighted by molar-refractivity contribution is -0.140. The van der Waals surface area contributed by atoms with Crippen molar-refractivity contribution in [3.8, 4) is 0 Å². The molecule has 5 aliphatic carbocycles. The van der Waals surface area contributed by atoms with Crippen LogP contribution in [0.3, 0.4) is 0 Å². The molecule has 0 aliphatic heterocycles. The van der Waals surface area contributed by atoms with Crippen molar-refractivity contribution in [3.05, 3.63) is 0 Å². The molecule has 0 aromatic rings. The third kappa shape index (κ3) is 0.340. The van der Waals surface area contributed by atoms with Crippen LogP contribution in [0.1, 0.15) is 19.3 Å². The highest BCUT2D eigenvalue weighted by atomic mass is 16.3. The third-order valence-electron chi connectivity index (χ3n) is 7.66. The topological polar surface area (TPSA) is 20.2 Å². The van der Waals surface area contributed by atoms with E-state index in [9.17, 15) is 5.11 Å². The second-order valence-electron chi connectivity index (χ2n) is 7.19. The van der Waals surface area contributed by atoms with Crippen LogP contribution in [-0.2, 0) is 0 Å². The molecular formula is C13H16O. The molecule has 5 rings (SSSR count). The van der Waals surface area contributed by atoms with Gasteiger partial charge in [0.15, 0.2) is 0 Å². The quantitative estimate of drug-likeness (QED) is 0.571. The summed E-state index contributed by atoms with van der Waals surface area (Å²) in [5, 5.41) is 10.9. The summed E-state index contributed by atoms with van der Waals surface area (Å²) < 4.78 is 0. The van der Waals surface area contributed by atoms with E-state index in [4.69, 9.17) is 0 Å². The molecule has 5 aliphatic rings. The zero-order chi connectivity index (χ0) is 8.82. The molecule has 2 bridgehead atoms. The SMILES string of the molecule is O[C@@]12C[C@@H]3[C@@H]4[C@@H]5C[C@H]6[C@@H](C[C@@H]1[C@@H]3[C@H]64)[C@@H]52. The minimum atomic E-state index is -0.138. The van der Waals surface area contributed by atoms with Crippen LogP contribution in [0.2, 0.25) is 0 Å². The first-order valence-electron chi connectivity index (χ1n) is 6.53. The van der Waals surface area contributed by atoms with Crippen LogP contribution in [0, 0.1) is 53.3 Å². The molecule has 0 unspecified atom stereocenters. The molecule has 1 nitrogen and oxygen atoms in total. The second-order valence-corrected chi connectivity index (χ2v) is 7.19. The normalized spacial score (nSPS) is 88.5. The van der Waals surface area contributed by atoms with E-state index < -0.39 is 0 Å². The summed E-state index contributed by atoms with van der Waals surface area (Å²) in [4.78, 5) is 0. The van der Waals surface area contributed by atoms with Gasteiger partial charge in [-0.1, -0.05) is 0 Å². The summed E-state index contributed by atoms with van der Waals surface area (Å²) in [5.74, 6) is 8.82. The molecule has 5 saturated carbocycles. The second kappa shape index (κ2) is 1.43. The molecule has 1 heteroatoms. The predicted molar refractivity (Wildman–Crippen MR) is 50.2 cm³/mol. The Bertz CT molecular complexity index is 373. The summed E-state index contributed by atoms with van der Waals surface area (Å²) >= 11 is 0. The summed E-state index contributed by atoms with van der Waals surface area (Å²) in [6, 6.07) is 0. The molecule has 0 spiro atoms. The van der Waals surface area contributed by atoms with Crippen molar-refractivity contribution in [2.45, 2.75) is 24.9 Å². The zero-order valence-corrected chi connectivity index (χ0v) is 8.26. The summed E-state index contributed by atoms with van der Waals surface area (Å²) in [7, 11) is 0. The van der Waals surface area contributed by atoms with Crippen LogP contribution in [-0.4, -0.2) is 10.7 Å². The van der Waals surface area contributed by atoms with Crippen molar-refractivity contribution >= 4 is 0 Å². The Hall–Kier alpha value is -0.0400.